The lowest BCUT2D eigenvalue weighted by Gasteiger charge is -2.40. The van der Waals surface area contributed by atoms with Crippen LogP contribution in [0.5, 0.6) is 0 Å². The Kier molecular flexibility index (Phi) is 6.65. The third kappa shape index (κ3) is 4.76. The Balaban J connectivity index is 2.07. The molecular formula is C17H26BrFN2. The van der Waals surface area contributed by atoms with E-state index in [1.807, 2.05) is 12.1 Å². The highest BCUT2D eigenvalue weighted by atomic mass is 79.9. The van der Waals surface area contributed by atoms with E-state index in [0.717, 1.165) is 23.1 Å². The maximum absolute atomic E-state index is 14.1. The van der Waals surface area contributed by atoms with Crippen LogP contribution >= 0.6 is 15.9 Å². The fraction of sp³-hybridized carbons (Fsp3) is 0.647. The average Bonchev–Trinajstić information content (AvgIpc) is 2.45. The van der Waals surface area contributed by atoms with Crippen LogP contribution in [0.4, 0.5) is 4.39 Å². The molecule has 0 saturated carbocycles. The van der Waals surface area contributed by atoms with Crippen molar-refractivity contribution in [3.8, 4) is 0 Å². The summed E-state index contributed by atoms with van der Waals surface area (Å²) in [4.78, 5) is 2.46. The van der Waals surface area contributed by atoms with Gasteiger partial charge in [-0.3, -0.25) is 4.90 Å². The van der Waals surface area contributed by atoms with Gasteiger partial charge in [-0.25, -0.2) is 4.39 Å². The van der Waals surface area contributed by atoms with Crippen molar-refractivity contribution < 1.29 is 4.39 Å². The van der Waals surface area contributed by atoms with Crippen LogP contribution in [0.2, 0.25) is 0 Å². The molecule has 2 nitrogen and oxygen atoms in total. The lowest BCUT2D eigenvalue weighted by Crippen LogP contribution is -2.55. The van der Waals surface area contributed by atoms with Gasteiger partial charge in [0.2, 0.25) is 0 Å². The smallest absolute Gasteiger partial charge is 0.128 e. The molecule has 118 valence electrons. The third-order valence-electron chi connectivity index (χ3n) is 4.26. The molecule has 2 rings (SSSR count). The van der Waals surface area contributed by atoms with Gasteiger partial charge in [-0.15, -0.1) is 0 Å². The quantitative estimate of drug-likeness (QED) is 0.815. The second kappa shape index (κ2) is 8.25. The highest BCUT2D eigenvalue weighted by Gasteiger charge is 2.27. The first-order valence-electron chi connectivity index (χ1n) is 8.05. The lowest BCUT2D eigenvalue weighted by atomic mass is 10.0. The molecule has 1 aliphatic rings. The number of benzene rings is 1. The zero-order valence-electron chi connectivity index (χ0n) is 13.0. The molecule has 0 bridgehead atoms. The van der Waals surface area contributed by atoms with Crippen LogP contribution in [-0.2, 0) is 6.54 Å². The van der Waals surface area contributed by atoms with Crippen LogP contribution in [0.15, 0.2) is 22.7 Å². The van der Waals surface area contributed by atoms with Crippen molar-refractivity contribution in [2.45, 2.75) is 58.2 Å². The van der Waals surface area contributed by atoms with Crippen molar-refractivity contribution >= 4 is 15.9 Å². The summed E-state index contributed by atoms with van der Waals surface area (Å²) in [7, 11) is 0. The Morgan fingerprint density at radius 3 is 2.71 bits per heavy atom. The number of piperazine rings is 1. The Hall–Kier alpha value is -0.450. The summed E-state index contributed by atoms with van der Waals surface area (Å²) in [6.07, 6.45) is 4.73. The minimum absolute atomic E-state index is 0.106. The molecule has 2 atom stereocenters. The van der Waals surface area contributed by atoms with Crippen LogP contribution in [0.25, 0.3) is 0 Å². The van der Waals surface area contributed by atoms with E-state index < -0.39 is 0 Å². The van der Waals surface area contributed by atoms with Crippen LogP contribution in [0, 0.1) is 5.82 Å². The zero-order valence-corrected chi connectivity index (χ0v) is 14.6. The molecular weight excluding hydrogens is 331 g/mol. The molecule has 1 aliphatic heterocycles. The fourth-order valence-electron chi connectivity index (χ4n) is 3.15. The second-order valence-electron chi connectivity index (χ2n) is 6.00. The van der Waals surface area contributed by atoms with E-state index >= 15 is 0 Å². The van der Waals surface area contributed by atoms with Crippen LogP contribution in [0.3, 0.4) is 0 Å². The maximum atomic E-state index is 14.1. The van der Waals surface area contributed by atoms with Crippen molar-refractivity contribution in [1.29, 1.82) is 0 Å². The molecule has 1 fully saturated rings. The van der Waals surface area contributed by atoms with Crippen molar-refractivity contribution in [2.24, 2.45) is 0 Å². The van der Waals surface area contributed by atoms with Gasteiger partial charge >= 0.3 is 0 Å². The largest absolute Gasteiger partial charge is 0.311 e. The van der Waals surface area contributed by atoms with E-state index in [1.165, 1.54) is 25.7 Å². The predicted octanol–water partition coefficient (Wildman–Crippen LogP) is 4.33. The SMILES string of the molecule is CCCC1CN(Cc2ccc(Br)cc2F)C(CCC)CN1. The van der Waals surface area contributed by atoms with Gasteiger partial charge in [0, 0.05) is 41.8 Å². The first-order chi connectivity index (χ1) is 10.1. The standard InChI is InChI=1S/C17H26BrFN2/c1-3-5-15-12-21(16(6-4-2)10-20-15)11-13-7-8-14(18)9-17(13)19/h7-9,15-16,20H,3-6,10-12H2,1-2H3. The van der Waals surface area contributed by atoms with Gasteiger partial charge in [0.25, 0.3) is 0 Å². The summed E-state index contributed by atoms with van der Waals surface area (Å²) in [5.74, 6) is -0.106. The number of hydrogen-bond donors (Lipinski definition) is 1. The molecule has 1 aromatic carbocycles. The lowest BCUT2D eigenvalue weighted by molar-refractivity contribution is 0.110. The topological polar surface area (TPSA) is 15.3 Å². The van der Waals surface area contributed by atoms with Gasteiger partial charge in [0.1, 0.15) is 5.82 Å². The molecule has 2 unspecified atom stereocenters. The number of nitrogens with zero attached hydrogens (tertiary/aromatic N) is 1. The van der Waals surface area contributed by atoms with E-state index in [0.29, 0.717) is 18.6 Å². The zero-order chi connectivity index (χ0) is 15.2. The first-order valence-corrected chi connectivity index (χ1v) is 8.84. The molecule has 1 aromatic rings. The summed E-state index contributed by atoms with van der Waals surface area (Å²) >= 11 is 3.32. The summed E-state index contributed by atoms with van der Waals surface area (Å²) in [6.45, 7) is 7.20. The first kappa shape index (κ1) is 16.9. The molecule has 4 heteroatoms. The summed E-state index contributed by atoms with van der Waals surface area (Å²) in [5, 5.41) is 3.65. The van der Waals surface area contributed by atoms with Gasteiger partial charge in [0.15, 0.2) is 0 Å². The molecule has 21 heavy (non-hydrogen) atoms. The minimum atomic E-state index is -0.106. The Morgan fingerprint density at radius 2 is 2.05 bits per heavy atom. The van der Waals surface area contributed by atoms with Gasteiger partial charge in [-0.2, -0.15) is 0 Å². The summed E-state index contributed by atoms with van der Waals surface area (Å²) in [6, 6.07) is 6.46. The molecule has 0 spiro atoms. The number of nitrogens with one attached hydrogen (secondary N) is 1. The fourth-order valence-corrected chi connectivity index (χ4v) is 3.48. The normalized spacial score (nSPS) is 23.4. The number of halogens is 2. The van der Waals surface area contributed by atoms with Crippen LogP contribution in [-0.4, -0.2) is 30.1 Å². The molecule has 0 amide bonds. The molecule has 0 aliphatic carbocycles. The van der Waals surface area contributed by atoms with Gasteiger partial charge in [0.05, 0.1) is 0 Å². The van der Waals surface area contributed by atoms with E-state index in [-0.39, 0.29) is 5.82 Å². The molecule has 1 N–H and O–H groups in total. The van der Waals surface area contributed by atoms with E-state index in [4.69, 9.17) is 0 Å². The van der Waals surface area contributed by atoms with Gasteiger partial charge in [-0.1, -0.05) is 48.7 Å². The van der Waals surface area contributed by atoms with Gasteiger partial charge < -0.3 is 5.32 Å². The average molecular weight is 357 g/mol. The van der Waals surface area contributed by atoms with E-state index in [9.17, 15) is 4.39 Å². The Morgan fingerprint density at radius 1 is 1.29 bits per heavy atom. The van der Waals surface area contributed by atoms with E-state index in [2.05, 4.69) is 40.0 Å². The predicted molar refractivity (Wildman–Crippen MR) is 89.9 cm³/mol. The molecule has 0 aromatic heterocycles. The Bertz CT molecular complexity index is 452. The van der Waals surface area contributed by atoms with Gasteiger partial charge in [-0.05, 0) is 25.0 Å². The third-order valence-corrected chi connectivity index (χ3v) is 4.75. The van der Waals surface area contributed by atoms with Crippen molar-refractivity contribution in [2.75, 3.05) is 13.1 Å². The van der Waals surface area contributed by atoms with E-state index in [1.54, 1.807) is 6.07 Å². The second-order valence-corrected chi connectivity index (χ2v) is 6.92. The highest BCUT2D eigenvalue weighted by Crippen LogP contribution is 2.21. The number of hydrogen-bond acceptors (Lipinski definition) is 2. The molecule has 1 heterocycles. The van der Waals surface area contributed by atoms with Crippen LogP contribution < -0.4 is 5.32 Å². The molecule has 0 radical (unpaired) electrons. The van der Waals surface area contributed by atoms with Crippen LogP contribution in [0.1, 0.15) is 45.1 Å². The monoisotopic (exact) mass is 356 g/mol. The number of rotatable bonds is 6. The Labute approximate surface area is 136 Å². The minimum Gasteiger partial charge on any atom is -0.311 e. The summed E-state index contributed by atoms with van der Waals surface area (Å²) < 4.78 is 14.9. The highest BCUT2D eigenvalue weighted by molar-refractivity contribution is 9.10. The summed E-state index contributed by atoms with van der Waals surface area (Å²) in [5.41, 5.74) is 0.802. The van der Waals surface area contributed by atoms with Crippen molar-refractivity contribution in [1.82, 2.24) is 10.2 Å². The van der Waals surface area contributed by atoms with Crippen molar-refractivity contribution in [3.63, 3.8) is 0 Å². The van der Waals surface area contributed by atoms with Crippen molar-refractivity contribution in [3.05, 3.63) is 34.1 Å². The maximum Gasteiger partial charge on any atom is 0.128 e. The molecule has 1 saturated heterocycles.